The summed E-state index contributed by atoms with van der Waals surface area (Å²) in [5, 5.41) is 12.2. The number of anilines is 1. The van der Waals surface area contributed by atoms with Gasteiger partial charge in [0.15, 0.2) is 11.5 Å². The molecule has 0 aliphatic rings. The van der Waals surface area contributed by atoms with Gasteiger partial charge in [0.25, 0.3) is 0 Å². The molecule has 122 valence electrons. The Morgan fingerprint density at radius 1 is 1.17 bits per heavy atom. The van der Waals surface area contributed by atoms with Gasteiger partial charge < -0.3 is 19.9 Å². The molecule has 0 aliphatic heterocycles. The molecule has 5 nitrogen and oxygen atoms in total. The van der Waals surface area contributed by atoms with E-state index in [1.807, 2.05) is 24.3 Å². The molecule has 2 rings (SSSR count). The van der Waals surface area contributed by atoms with Gasteiger partial charge in [0, 0.05) is 12.2 Å². The number of carboxylic acid groups (broad SMARTS) is 1. The van der Waals surface area contributed by atoms with E-state index in [2.05, 4.69) is 12.2 Å². The molecule has 23 heavy (non-hydrogen) atoms. The standard InChI is InChI=1S/C18H21NO4/c1-3-9-23-16-8-7-13(10-17(16)22-2)12-19-15-6-4-5-14(11-15)18(20)21/h4-8,10-11,19H,3,9,12H2,1-2H3,(H,20,21). The lowest BCUT2D eigenvalue weighted by atomic mass is 10.1. The Labute approximate surface area is 135 Å². The summed E-state index contributed by atoms with van der Waals surface area (Å²) >= 11 is 0. The minimum Gasteiger partial charge on any atom is -0.493 e. The van der Waals surface area contributed by atoms with E-state index in [0.717, 1.165) is 23.4 Å². The number of nitrogens with one attached hydrogen (secondary N) is 1. The molecule has 0 amide bonds. The first-order valence-electron chi connectivity index (χ1n) is 7.51. The molecule has 0 fully saturated rings. The summed E-state index contributed by atoms with van der Waals surface area (Å²) < 4.78 is 11.0. The van der Waals surface area contributed by atoms with Crippen molar-refractivity contribution in [1.82, 2.24) is 0 Å². The normalized spacial score (nSPS) is 10.2. The molecule has 0 bridgehead atoms. The van der Waals surface area contributed by atoms with Gasteiger partial charge in [-0.05, 0) is 42.3 Å². The Morgan fingerprint density at radius 3 is 2.70 bits per heavy atom. The van der Waals surface area contributed by atoms with Crippen molar-refractivity contribution >= 4 is 11.7 Å². The lowest BCUT2D eigenvalue weighted by Gasteiger charge is -2.12. The third-order valence-electron chi connectivity index (χ3n) is 3.30. The minimum absolute atomic E-state index is 0.260. The van der Waals surface area contributed by atoms with Gasteiger partial charge in [-0.1, -0.05) is 19.1 Å². The number of methoxy groups -OCH3 is 1. The molecule has 5 heteroatoms. The zero-order valence-electron chi connectivity index (χ0n) is 13.3. The van der Waals surface area contributed by atoms with Gasteiger partial charge in [0.2, 0.25) is 0 Å². The van der Waals surface area contributed by atoms with Crippen LogP contribution in [0, 0.1) is 0 Å². The van der Waals surface area contributed by atoms with E-state index in [4.69, 9.17) is 14.6 Å². The number of hydrogen-bond acceptors (Lipinski definition) is 4. The average molecular weight is 315 g/mol. The van der Waals surface area contributed by atoms with E-state index in [1.54, 1.807) is 25.3 Å². The SMILES string of the molecule is CCCOc1ccc(CNc2cccc(C(=O)O)c2)cc1OC. The first kappa shape index (κ1) is 16.7. The molecule has 0 atom stereocenters. The highest BCUT2D eigenvalue weighted by molar-refractivity contribution is 5.88. The van der Waals surface area contributed by atoms with Crippen LogP contribution in [0.2, 0.25) is 0 Å². The van der Waals surface area contributed by atoms with E-state index in [9.17, 15) is 4.79 Å². The number of ether oxygens (including phenoxy) is 2. The molecule has 0 saturated carbocycles. The summed E-state index contributed by atoms with van der Waals surface area (Å²) in [6, 6.07) is 12.5. The Morgan fingerprint density at radius 2 is 2.00 bits per heavy atom. The number of aromatic carboxylic acids is 1. The minimum atomic E-state index is -0.937. The summed E-state index contributed by atoms with van der Waals surface area (Å²) in [5.41, 5.74) is 2.04. The van der Waals surface area contributed by atoms with Gasteiger partial charge >= 0.3 is 5.97 Å². The smallest absolute Gasteiger partial charge is 0.335 e. The van der Waals surface area contributed by atoms with E-state index >= 15 is 0 Å². The van der Waals surface area contributed by atoms with Crippen molar-refractivity contribution in [2.45, 2.75) is 19.9 Å². The first-order valence-corrected chi connectivity index (χ1v) is 7.51. The Hall–Kier alpha value is -2.69. The molecule has 2 aromatic carbocycles. The second-order valence-corrected chi connectivity index (χ2v) is 5.07. The predicted molar refractivity (Wildman–Crippen MR) is 89.5 cm³/mol. The lowest BCUT2D eigenvalue weighted by Crippen LogP contribution is -2.03. The summed E-state index contributed by atoms with van der Waals surface area (Å²) in [4.78, 5) is 11.0. The van der Waals surface area contributed by atoms with Crippen LogP contribution >= 0.6 is 0 Å². The van der Waals surface area contributed by atoms with Crippen molar-refractivity contribution in [3.8, 4) is 11.5 Å². The van der Waals surface area contributed by atoms with Gasteiger partial charge in [-0.15, -0.1) is 0 Å². The lowest BCUT2D eigenvalue weighted by molar-refractivity contribution is 0.0697. The van der Waals surface area contributed by atoms with Crippen LogP contribution in [0.25, 0.3) is 0 Å². The van der Waals surface area contributed by atoms with Crippen LogP contribution in [0.4, 0.5) is 5.69 Å². The van der Waals surface area contributed by atoms with E-state index in [0.29, 0.717) is 18.9 Å². The number of carbonyl (C=O) groups is 1. The van der Waals surface area contributed by atoms with Gasteiger partial charge in [-0.3, -0.25) is 0 Å². The number of carboxylic acids is 1. The maximum Gasteiger partial charge on any atom is 0.335 e. The highest BCUT2D eigenvalue weighted by Gasteiger charge is 2.06. The number of hydrogen-bond donors (Lipinski definition) is 2. The molecule has 0 unspecified atom stereocenters. The van der Waals surface area contributed by atoms with Crippen LogP contribution in [0.1, 0.15) is 29.3 Å². The van der Waals surface area contributed by atoms with Crippen molar-refractivity contribution in [3.63, 3.8) is 0 Å². The molecule has 0 aliphatic carbocycles. The third kappa shape index (κ3) is 4.64. The molecule has 0 aromatic heterocycles. The number of benzene rings is 2. The summed E-state index contributed by atoms with van der Waals surface area (Å²) in [6.45, 7) is 3.26. The van der Waals surface area contributed by atoms with Gasteiger partial charge in [0.05, 0.1) is 19.3 Å². The molecule has 0 radical (unpaired) electrons. The molecule has 0 spiro atoms. The first-order chi connectivity index (χ1) is 11.1. The zero-order chi connectivity index (χ0) is 16.7. The highest BCUT2D eigenvalue weighted by Crippen LogP contribution is 2.28. The maximum atomic E-state index is 11.0. The highest BCUT2D eigenvalue weighted by atomic mass is 16.5. The fraction of sp³-hybridized carbons (Fsp3) is 0.278. The van der Waals surface area contributed by atoms with E-state index in [-0.39, 0.29) is 5.56 Å². The second-order valence-electron chi connectivity index (χ2n) is 5.07. The van der Waals surface area contributed by atoms with Gasteiger partial charge in [0.1, 0.15) is 0 Å². The molecule has 2 aromatic rings. The topological polar surface area (TPSA) is 67.8 Å². The monoisotopic (exact) mass is 315 g/mol. The quantitative estimate of drug-likeness (QED) is 0.775. The molecule has 0 heterocycles. The summed E-state index contributed by atoms with van der Waals surface area (Å²) in [6.07, 6.45) is 0.937. The molecular weight excluding hydrogens is 294 g/mol. The van der Waals surface area contributed by atoms with Crippen molar-refractivity contribution in [2.24, 2.45) is 0 Å². The largest absolute Gasteiger partial charge is 0.493 e. The average Bonchev–Trinajstić information content (AvgIpc) is 2.58. The van der Waals surface area contributed by atoms with E-state index in [1.165, 1.54) is 0 Å². The van der Waals surface area contributed by atoms with Crippen LogP contribution in [0.3, 0.4) is 0 Å². The molecule has 0 saturated heterocycles. The Bertz CT molecular complexity index is 670. The number of rotatable bonds is 8. The van der Waals surface area contributed by atoms with Gasteiger partial charge in [-0.25, -0.2) is 4.79 Å². The van der Waals surface area contributed by atoms with Crippen molar-refractivity contribution in [3.05, 3.63) is 53.6 Å². The van der Waals surface area contributed by atoms with Gasteiger partial charge in [-0.2, -0.15) is 0 Å². The molecular formula is C18H21NO4. The van der Waals surface area contributed by atoms with Crippen molar-refractivity contribution < 1.29 is 19.4 Å². The fourth-order valence-electron chi connectivity index (χ4n) is 2.12. The third-order valence-corrected chi connectivity index (χ3v) is 3.30. The Kier molecular flexibility index (Phi) is 5.86. The van der Waals surface area contributed by atoms with Crippen LogP contribution in [0.5, 0.6) is 11.5 Å². The van der Waals surface area contributed by atoms with Crippen LogP contribution < -0.4 is 14.8 Å². The van der Waals surface area contributed by atoms with Crippen LogP contribution in [0.15, 0.2) is 42.5 Å². The van der Waals surface area contributed by atoms with Crippen LogP contribution in [-0.4, -0.2) is 24.8 Å². The van der Waals surface area contributed by atoms with Crippen molar-refractivity contribution in [2.75, 3.05) is 19.0 Å². The fourth-order valence-corrected chi connectivity index (χ4v) is 2.12. The van der Waals surface area contributed by atoms with Crippen LogP contribution in [-0.2, 0) is 6.54 Å². The maximum absolute atomic E-state index is 11.0. The second kappa shape index (κ2) is 8.08. The summed E-state index contributed by atoms with van der Waals surface area (Å²) in [7, 11) is 1.61. The van der Waals surface area contributed by atoms with Crippen molar-refractivity contribution in [1.29, 1.82) is 0 Å². The van der Waals surface area contributed by atoms with E-state index < -0.39 is 5.97 Å². The molecule has 2 N–H and O–H groups in total. The predicted octanol–water partition coefficient (Wildman–Crippen LogP) is 3.79. The Balaban J connectivity index is 2.05. The zero-order valence-corrected chi connectivity index (χ0v) is 13.3. The summed E-state index contributed by atoms with van der Waals surface area (Å²) in [5.74, 6) is 0.482.